The second-order valence-corrected chi connectivity index (χ2v) is 6.22. The first kappa shape index (κ1) is 21.9. The Balaban J connectivity index is 1.91. The first-order chi connectivity index (χ1) is 14.0. The van der Waals surface area contributed by atoms with E-state index < -0.39 is 10.9 Å². The molecule has 0 fully saturated rings. The predicted molar refractivity (Wildman–Crippen MR) is 106 cm³/mol. The summed E-state index contributed by atoms with van der Waals surface area (Å²) >= 11 is 0. The summed E-state index contributed by atoms with van der Waals surface area (Å²) in [5, 5.41) is 11.0. The van der Waals surface area contributed by atoms with Crippen LogP contribution < -0.4 is 4.74 Å². The molecule has 0 aliphatic carbocycles. The monoisotopic (exact) mass is 400 g/mol. The lowest BCUT2D eigenvalue weighted by atomic mass is 10.2. The van der Waals surface area contributed by atoms with E-state index in [9.17, 15) is 19.7 Å². The van der Waals surface area contributed by atoms with E-state index >= 15 is 0 Å². The minimum atomic E-state index is -0.512. The van der Waals surface area contributed by atoms with Gasteiger partial charge in [-0.05, 0) is 25.0 Å². The van der Waals surface area contributed by atoms with Gasteiger partial charge in [-0.25, -0.2) is 0 Å². The van der Waals surface area contributed by atoms with Crippen molar-refractivity contribution in [2.75, 3.05) is 19.8 Å². The highest BCUT2D eigenvalue weighted by Gasteiger charge is 2.19. The molecule has 0 aliphatic rings. The summed E-state index contributed by atoms with van der Waals surface area (Å²) < 4.78 is 10.4. The number of benzene rings is 2. The lowest BCUT2D eigenvalue weighted by Crippen LogP contribution is -2.36. The molecule has 0 aliphatic heterocycles. The maximum atomic E-state index is 12.6. The highest BCUT2D eigenvalue weighted by molar-refractivity contribution is 5.82. The van der Waals surface area contributed by atoms with Crippen LogP contribution in [0.15, 0.2) is 54.6 Å². The van der Waals surface area contributed by atoms with E-state index in [0.29, 0.717) is 13.0 Å². The van der Waals surface area contributed by atoms with Crippen molar-refractivity contribution in [1.82, 2.24) is 4.90 Å². The van der Waals surface area contributed by atoms with Gasteiger partial charge in [-0.1, -0.05) is 42.5 Å². The van der Waals surface area contributed by atoms with Crippen molar-refractivity contribution in [3.8, 4) is 5.75 Å². The molecule has 2 rings (SSSR count). The molecule has 0 spiro atoms. The molecular weight excluding hydrogens is 376 g/mol. The van der Waals surface area contributed by atoms with Crippen molar-refractivity contribution in [3.05, 3.63) is 70.3 Å². The van der Waals surface area contributed by atoms with Gasteiger partial charge in [0, 0.05) is 19.0 Å². The molecule has 0 saturated carbocycles. The average Bonchev–Trinajstić information content (AvgIpc) is 2.71. The van der Waals surface area contributed by atoms with Crippen molar-refractivity contribution in [2.24, 2.45) is 0 Å². The molecule has 0 heterocycles. The molecule has 0 radical (unpaired) electrons. The smallest absolute Gasteiger partial charge is 0.325 e. The lowest BCUT2D eigenvalue weighted by molar-refractivity contribution is -0.385. The molecule has 0 atom stereocenters. The lowest BCUT2D eigenvalue weighted by Gasteiger charge is -2.22. The van der Waals surface area contributed by atoms with E-state index in [1.165, 1.54) is 17.0 Å². The van der Waals surface area contributed by atoms with Crippen LogP contribution in [0.4, 0.5) is 5.69 Å². The first-order valence-corrected chi connectivity index (χ1v) is 9.34. The van der Waals surface area contributed by atoms with Crippen LogP contribution in [-0.4, -0.2) is 41.5 Å². The Morgan fingerprint density at radius 3 is 2.45 bits per heavy atom. The second-order valence-electron chi connectivity index (χ2n) is 6.22. The number of nitrogens with zero attached hydrogens (tertiary/aromatic N) is 2. The minimum Gasteiger partial charge on any atom is -0.487 e. The number of hydrogen-bond acceptors (Lipinski definition) is 6. The van der Waals surface area contributed by atoms with E-state index in [-0.39, 0.29) is 43.5 Å². The van der Waals surface area contributed by atoms with Crippen molar-refractivity contribution >= 4 is 17.6 Å². The molecule has 0 N–H and O–H groups in total. The third kappa shape index (κ3) is 7.25. The Morgan fingerprint density at radius 2 is 1.76 bits per heavy atom. The summed E-state index contributed by atoms with van der Waals surface area (Å²) in [5.74, 6) is -0.515. The molecule has 8 nitrogen and oxygen atoms in total. The zero-order valence-corrected chi connectivity index (χ0v) is 16.3. The molecule has 1 amide bonds. The van der Waals surface area contributed by atoms with E-state index in [4.69, 9.17) is 9.47 Å². The van der Waals surface area contributed by atoms with Crippen molar-refractivity contribution in [2.45, 2.75) is 26.3 Å². The molecule has 0 aromatic heterocycles. The zero-order chi connectivity index (χ0) is 21.1. The first-order valence-electron chi connectivity index (χ1n) is 9.34. The zero-order valence-electron chi connectivity index (χ0n) is 16.3. The molecule has 154 valence electrons. The normalized spacial score (nSPS) is 10.2. The number of amides is 1. The number of hydrogen-bond donors (Lipinski definition) is 0. The Labute approximate surface area is 169 Å². The third-order valence-electron chi connectivity index (χ3n) is 4.05. The maximum Gasteiger partial charge on any atom is 0.325 e. The predicted octanol–water partition coefficient (Wildman–Crippen LogP) is 3.35. The Morgan fingerprint density at radius 1 is 1.07 bits per heavy atom. The van der Waals surface area contributed by atoms with E-state index in [1.807, 2.05) is 30.3 Å². The molecule has 0 bridgehead atoms. The molecule has 29 heavy (non-hydrogen) atoms. The maximum absolute atomic E-state index is 12.6. The molecule has 0 saturated heterocycles. The number of carbonyl (C=O) groups excluding carboxylic acids is 2. The van der Waals surface area contributed by atoms with Gasteiger partial charge >= 0.3 is 11.7 Å². The highest BCUT2D eigenvalue weighted by atomic mass is 16.6. The van der Waals surface area contributed by atoms with Gasteiger partial charge in [0.15, 0.2) is 5.75 Å². The average molecular weight is 400 g/mol. The van der Waals surface area contributed by atoms with Crippen molar-refractivity contribution in [1.29, 1.82) is 0 Å². The summed E-state index contributed by atoms with van der Waals surface area (Å²) in [6.07, 6.45) is 0.506. The van der Waals surface area contributed by atoms with Gasteiger partial charge in [0.1, 0.15) is 6.54 Å². The molecule has 2 aromatic rings. The number of esters is 1. The number of nitro benzene ring substituents is 1. The number of ether oxygens (including phenoxy) is 2. The van der Waals surface area contributed by atoms with Gasteiger partial charge in [0.05, 0.1) is 18.1 Å². The second kappa shape index (κ2) is 11.4. The Hall–Kier alpha value is -3.42. The van der Waals surface area contributed by atoms with Gasteiger partial charge < -0.3 is 14.4 Å². The fourth-order valence-electron chi connectivity index (χ4n) is 2.69. The minimum absolute atomic E-state index is 0.119. The standard InChI is InChI=1S/C21H24N2O6/c1-2-28-21(25)16-22(15-17-9-4-3-5-10-17)20(24)13-8-14-29-19-12-7-6-11-18(19)23(26)27/h3-7,9-12H,2,8,13-16H2,1H3. The Kier molecular flexibility index (Phi) is 8.62. The number of carbonyl (C=O) groups is 2. The molecule has 2 aromatic carbocycles. The van der Waals surface area contributed by atoms with E-state index in [2.05, 4.69) is 0 Å². The van der Waals surface area contributed by atoms with Crippen LogP contribution in [0.5, 0.6) is 5.75 Å². The van der Waals surface area contributed by atoms with Crippen LogP contribution >= 0.6 is 0 Å². The van der Waals surface area contributed by atoms with Crippen LogP contribution in [0, 0.1) is 10.1 Å². The summed E-state index contributed by atoms with van der Waals surface area (Å²) in [6.45, 7) is 2.27. The number of para-hydroxylation sites is 2. The van der Waals surface area contributed by atoms with Crippen LogP contribution in [-0.2, 0) is 20.9 Å². The number of nitro groups is 1. The van der Waals surface area contributed by atoms with Crippen LogP contribution in [0.1, 0.15) is 25.3 Å². The largest absolute Gasteiger partial charge is 0.487 e. The summed E-state index contributed by atoms with van der Waals surface area (Å²) in [4.78, 5) is 36.4. The summed E-state index contributed by atoms with van der Waals surface area (Å²) in [7, 11) is 0. The fourth-order valence-corrected chi connectivity index (χ4v) is 2.69. The van der Waals surface area contributed by atoms with Gasteiger partial charge in [0.2, 0.25) is 5.91 Å². The van der Waals surface area contributed by atoms with Crippen LogP contribution in [0.3, 0.4) is 0 Å². The van der Waals surface area contributed by atoms with Gasteiger partial charge in [-0.2, -0.15) is 0 Å². The van der Waals surface area contributed by atoms with Crippen molar-refractivity contribution in [3.63, 3.8) is 0 Å². The fraction of sp³-hybridized carbons (Fsp3) is 0.333. The van der Waals surface area contributed by atoms with Crippen LogP contribution in [0.25, 0.3) is 0 Å². The summed E-state index contributed by atoms with van der Waals surface area (Å²) in [5.41, 5.74) is 0.785. The molecule has 8 heteroatoms. The number of rotatable bonds is 11. The van der Waals surface area contributed by atoms with Gasteiger partial charge in [-0.3, -0.25) is 19.7 Å². The van der Waals surface area contributed by atoms with E-state index in [0.717, 1.165) is 5.56 Å². The van der Waals surface area contributed by atoms with Gasteiger partial charge in [-0.15, -0.1) is 0 Å². The topological polar surface area (TPSA) is 99.0 Å². The van der Waals surface area contributed by atoms with Gasteiger partial charge in [0.25, 0.3) is 0 Å². The van der Waals surface area contributed by atoms with E-state index in [1.54, 1.807) is 19.1 Å². The summed E-state index contributed by atoms with van der Waals surface area (Å²) in [6, 6.07) is 15.4. The quantitative estimate of drug-likeness (QED) is 0.248. The molecule has 0 unspecified atom stereocenters. The van der Waals surface area contributed by atoms with Crippen LogP contribution in [0.2, 0.25) is 0 Å². The Bertz CT molecular complexity index is 825. The molecular formula is C21H24N2O6. The van der Waals surface area contributed by atoms with Crippen molar-refractivity contribution < 1.29 is 24.0 Å². The highest BCUT2D eigenvalue weighted by Crippen LogP contribution is 2.25. The third-order valence-corrected chi connectivity index (χ3v) is 4.05. The SMILES string of the molecule is CCOC(=O)CN(Cc1ccccc1)C(=O)CCCOc1ccccc1[N+](=O)[O-].